The van der Waals surface area contributed by atoms with E-state index in [9.17, 15) is 9.59 Å². The Morgan fingerprint density at radius 1 is 0.624 bits per heavy atom. The zero-order valence-electron chi connectivity index (χ0n) is 49.3. The van der Waals surface area contributed by atoms with Crippen molar-refractivity contribution in [2.24, 2.45) is 0 Å². The van der Waals surface area contributed by atoms with Crippen LogP contribution in [0, 0.1) is 6.92 Å². The quantitative estimate of drug-likeness (QED) is 0.0701. The predicted octanol–water partition coefficient (Wildman–Crippen LogP) is 11.6. The molecule has 2 saturated heterocycles. The van der Waals surface area contributed by atoms with Crippen LogP contribution in [0.25, 0.3) is 89.1 Å². The van der Waals surface area contributed by atoms with Crippen LogP contribution >= 0.6 is 0 Å². The van der Waals surface area contributed by atoms with E-state index in [1.165, 1.54) is 17.8 Å². The number of aromatic amines is 1. The Kier molecular flexibility index (Phi) is 15.9. The summed E-state index contributed by atoms with van der Waals surface area (Å²) < 4.78 is 11.5. The van der Waals surface area contributed by atoms with Crippen LogP contribution in [0.15, 0.2) is 160 Å². The molecule has 0 unspecified atom stereocenters. The van der Waals surface area contributed by atoms with Crippen molar-refractivity contribution in [1.29, 1.82) is 0 Å². The minimum absolute atomic E-state index is 0.194. The number of carbonyl (C=O) groups excluding carboxylic acids is 2. The molecule has 2 aliphatic rings. The van der Waals surface area contributed by atoms with Gasteiger partial charge in [-0.3, -0.25) is 19.0 Å². The third-order valence-corrected chi connectivity index (χ3v) is 16.7. The highest BCUT2D eigenvalue weighted by Crippen LogP contribution is 2.46. The van der Waals surface area contributed by atoms with Crippen molar-refractivity contribution < 1.29 is 14.3 Å². The van der Waals surface area contributed by atoms with Gasteiger partial charge in [-0.25, -0.2) is 9.97 Å². The Morgan fingerprint density at radius 3 is 1.82 bits per heavy atom. The molecule has 12 rings (SSSR count). The summed E-state index contributed by atoms with van der Waals surface area (Å²) in [5.74, 6) is -0.646. The van der Waals surface area contributed by atoms with Gasteiger partial charge in [0.1, 0.15) is 11.3 Å². The third-order valence-electron chi connectivity index (χ3n) is 16.7. The van der Waals surface area contributed by atoms with Crippen LogP contribution in [-0.2, 0) is 27.4 Å². The number of anilines is 4. The van der Waals surface area contributed by atoms with Crippen LogP contribution in [0.2, 0.25) is 0 Å². The fraction of sp³-hybridized carbons (Fsp3) is 0.265. The summed E-state index contributed by atoms with van der Waals surface area (Å²) in [5.41, 5.74) is 17.9. The Hall–Kier alpha value is -9.42. The summed E-state index contributed by atoms with van der Waals surface area (Å²) in [6.07, 6.45) is 14.2. The maximum Gasteiger partial charge on any atom is 0.247 e. The van der Waals surface area contributed by atoms with E-state index >= 15 is 0 Å². The van der Waals surface area contributed by atoms with Crippen LogP contribution < -0.4 is 20.4 Å². The molecule has 17 nitrogen and oxygen atoms in total. The molecule has 3 N–H and O–H groups in total. The zero-order valence-corrected chi connectivity index (χ0v) is 49.3. The van der Waals surface area contributed by atoms with E-state index in [1.54, 1.807) is 7.11 Å². The SMILES string of the molecule is C=CC(=O)Nc1cc(-c2c(-c3ccc(N4CCN(C)CC4)cc3)n(Cc3ccc(-c4c(-c5ccc(N6CCN(C)CC6)cc5)[nH]c5ncc(-c6cnn(C(C)C)c6)cc45)cc3NC(=O)C=C)c3ncc(-c4cnn(CCOC)c4)cc23)ccc1C. The first-order valence-corrected chi connectivity index (χ1v) is 29.1. The Labute approximate surface area is 495 Å². The summed E-state index contributed by atoms with van der Waals surface area (Å²) in [6, 6.07) is 34.7. The van der Waals surface area contributed by atoms with Gasteiger partial charge in [0, 0.05) is 157 Å². The number of rotatable bonds is 18. The molecule has 0 aliphatic carbocycles. The molecule has 0 saturated carbocycles. The molecule has 2 aliphatic heterocycles. The molecule has 2 amide bonds. The number of fused-ring (bicyclic) bond motifs is 2. The van der Waals surface area contributed by atoms with E-state index < -0.39 is 0 Å². The van der Waals surface area contributed by atoms with Crippen LogP contribution in [-0.4, -0.2) is 141 Å². The first-order chi connectivity index (χ1) is 41.3. The van der Waals surface area contributed by atoms with Gasteiger partial charge >= 0.3 is 0 Å². The zero-order chi connectivity index (χ0) is 58.9. The van der Waals surface area contributed by atoms with Gasteiger partial charge in [0.15, 0.2) is 0 Å². The number of aryl methyl sites for hydroxylation is 1. The molecule has 4 aromatic carbocycles. The predicted molar refractivity (Wildman–Crippen MR) is 343 cm³/mol. The molecule has 0 spiro atoms. The number of carbonyl (C=O) groups is 2. The number of methoxy groups -OCH3 is 1. The number of likely N-dealkylation sites (N-methyl/N-ethyl adjacent to an activating group) is 2. The van der Waals surface area contributed by atoms with E-state index in [-0.39, 0.29) is 17.9 Å². The van der Waals surface area contributed by atoms with Crippen LogP contribution in [0.1, 0.15) is 31.0 Å². The van der Waals surface area contributed by atoms with E-state index in [1.807, 2.05) is 59.4 Å². The van der Waals surface area contributed by atoms with Gasteiger partial charge in [0.2, 0.25) is 11.8 Å². The lowest BCUT2D eigenvalue weighted by Gasteiger charge is -2.34. The lowest BCUT2D eigenvalue weighted by molar-refractivity contribution is -0.112. The van der Waals surface area contributed by atoms with Crippen molar-refractivity contribution in [2.45, 2.75) is 39.9 Å². The molecular formula is C68H72N14O3. The lowest BCUT2D eigenvalue weighted by Crippen LogP contribution is -2.44. The van der Waals surface area contributed by atoms with Crippen molar-refractivity contribution in [3.05, 3.63) is 171 Å². The number of amides is 2. The summed E-state index contributed by atoms with van der Waals surface area (Å²) in [5, 5.41) is 17.5. The van der Waals surface area contributed by atoms with E-state index in [2.05, 4.69) is 182 Å². The number of benzene rings is 4. The Bertz CT molecular complexity index is 4110. The highest BCUT2D eigenvalue weighted by molar-refractivity contribution is 6.08. The molecule has 2 fully saturated rings. The number of nitrogens with one attached hydrogen (secondary N) is 3. The first kappa shape index (κ1) is 56.1. The molecule has 0 atom stereocenters. The number of nitrogens with zero attached hydrogens (tertiary/aromatic N) is 11. The fourth-order valence-corrected chi connectivity index (χ4v) is 11.7. The van der Waals surface area contributed by atoms with Gasteiger partial charge in [0.05, 0.1) is 43.5 Å². The lowest BCUT2D eigenvalue weighted by atomic mass is 9.95. The Balaban J connectivity index is 1.05. The fourth-order valence-electron chi connectivity index (χ4n) is 11.7. The highest BCUT2D eigenvalue weighted by Gasteiger charge is 2.27. The largest absolute Gasteiger partial charge is 0.383 e. The molecule has 6 aromatic heterocycles. The summed E-state index contributed by atoms with van der Waals surface area (Å²) in [7, 11) is 6.03. The number of hydrogen-bond donors (Lipinski definition) is 3. The van der Waals surface area contributed by atoms with Crippen molar-refractivity contribution in [3.8, 4) is 67.0 Å². The van der Waals surface area contributed by atoms with Crippen LogP contribution in [0.5, 0.6) is 0 Å². The smallest absolute Gasteiger partial charge is 0.247 e. The number of ether oxygens (including phenoxy) is 1. The van der Waals surface area contributed by atoms with E-state index in [4.69, 9.17) is 14.7 Å². The molecule has 0 bridgehead atoms. The summed E-state index contributed by atoms with van der Waals surface area (Å²) in [6.45, 7) is 23.0. The van der Waals surface area contributed by atoms with E-state index in [0.29, 0.717) is 31.1 Å². The topological polar surface area (TPSA) is 163 Å². The van der Waals surface area contributed by atoms with Crippen molar-refractivity contribution in [3.63, 3.8) is 0 Å². The van der Waals surface area contributed by atoms with Crippen molar-refractivity contribution in [1.82, 2.24) is 48.9 Å². The third kappa shape index (κ3) is 11.5. The number of H-pyrrole nitrogens is 1. The minimum atomic E-state index is -0.344. The van der Waals surface area contributed by atoms with E-state index in [0.717, 1.165) is 158 Å². The van der Waals surface area contributed by atoms with Gasteiger partial charge in [0.25, 0.3) is 0 Å². The van der Waals surface area contributed by atoms with Gasteiger partial charge < -0.3 is 44.5 Å². The molecule has 17 heteroatoms. The maximum atomic E-state index is 13.8. The van der Waals surface area contributed by atoms with Gasteiger partial charge in [-0.15, -0.1) is 0 Å². The second-order valence-corrected chi connectivity index (χ2v) is 22.7. The summed E-state index contributed by atoms with van der Waals surface area (Å²) in [4.78, 5) is 50.6. The highest BCUT2D eigenvalue weighted by atomic mass is 16.5. The molecule has 10 aromatic rings. The average Bonchev–Trinajstić information content (AvgIpc) is 2.23. The van der Waals surface area contributed by atoms with Crippen LogP contribution in [0.4, 0.5) is 22.7 Å². The Morgan fingerprint density at radius 2 is 1.19 bits per heavy atom. The number of pyridine rings is 2. The van der Waals surface area contributed by atoms with Crippen molar-refractivity contribution in [2.75, 3.05) is 101 Å². The van der Waals surface area contributed by atoms with Crippen molar-refractivity contribution >= 4 is 56.6 Å². The molecule has 8 heterocycles. The van der Waals surface area contributed by atoms with Crippen LogP contribution in [0.3, 0.4) is 0 Å². The first-order valence-electron chi connectivity index (χ1n) is 29.1. The second kappa shape index (κ2) is 24.0. The summed E-state index contributed by atoms with van der Waals surface area (Å²) >= 11 is 0. The molecule has 0 radical (unpaired) electrons. The van der Waals surface area contributed by atoms with Gasteiger partial charge in [-0.2, -0.15) is 10.2 Å². The standard InChI is InChI=1S/C68H72N14O3/c1-9-61(83)73-59-35-49(12-11-45(59)5)64-58-34-52(53-39-71-80(41-53)31-32-85-8)38-70-68(58)81(66(64)47-17-21-56(22-18-47)79-29-25-77(7)26-30-79)42-50-14-13-48(36-60(50)74-62(84)10-2)63-57-33-51(54-40-72-82(43-54)44(3)4)37-69-67(57)75-65(63)46-15-19-55(20-16-46)78-27-23-76(6)24-28-78/h9-22,33-41,43-44H,1-2,23-32,42H2,3-8H3,(H,69,75)(H,73,83)(H,74,84). The number of aromatic nitrogens is 8. The molecule has 432 valence electrons. The molecule has 85 heavy (non-hydrogen) atoms. The van der Waals surface area contributed by atoms with Gasteiger partial charge in [-0.1, -0.05) is 61.7 Å². The molecular weight excluding hydrogens is 1060 g/mol. The number of piperazine rings is 2. The normalized spacial score (nSPS) is 14.2. The minimum Gasteiger partial charge on any atom is -0.383 e. The maximum absolute atomic E-state index is 13.8. The average molecular weight is 1130 g/mol. The van der Waals surface area contributed by atoms with Gasteiger partial charge in [-0.05, 0) is 129 Å². The monoisotopic (exact) mass is 1130 g/mol. The number of hydrogen-bond acceptors (Lipinski definition) is 11. The second-order valence-electron chi connectivity index (χ2n) is 22.7.